The van der Waals surface area contributed by atoms with E-state index in [4.69, 9.17) is 11.6 Å². The first-order chi connectivity index (χ1) is 8.72. The smallest absolute Gasteiger partial charge is 0.269 e. The molecule has 0 saturated carbocycles. The first-order valence-corrected chi connectivity index (χ1v) is 7.17. The molecule has 1 amide bonds. The highest BCUT2D eigenvalue weighted by molar-refractivity contribution is 6.17. The minimum atomic E-state index is -0.0325. The van der Waals surface area contributed by atoms with Gasteiger partial charge in [0.25, 0.3) is 5.91 Å². The lowest BCUT2D eigenvalue weighted by molar-refractivity contribution is 0.0942. The van der Waals surface area contributed by atoms with Crippen molar-refractivity contribution in [1.29, 1.82) is 0 Å². The third kappa shape index (κ3) is 4.33. The molecule has 0 radical (unpaired) electrons. The van der Waals surface area contributed by atoms with Crippen LogP contribution in [0.2, 0.25) is 0 Å². The number of aromatic nitrogens is 2. The van der Waals surface area contributed by atoms with E-state index in [1.165, 1.54) is 0 Å². The topological polar surface area (TPSA) is 46.9 Å². The van der Waals surface area contributed by atoms with Gasteiger partial charge in [-0.25, -0.2) is 0 Å². The fraction of sp³-hybridized carbons (Fsp3) is 0.692. The molecule has 0 unspecified atom stereocenters. The van der Waals surface area contributed by atoms with Crippen LogP contribution in [0.3, 0.4) is 0 Å². The summed E-state index contributed by atoms with van der Waals surface area (Å²) < 4.78 is 1.76. The molecule has 0 bridgehead atoms. The highest BCUT2D eigenvalue weighted by Crippen LogP contribution is 2.05. The molecule has 0 aromatic carbocycles. The maximum absolute atomic E-state index is 12.0. The Kier molecular flexibility index (Phi) is 6.80. The molecule has 0 aliphatic rings. The van der Waals surface area contributed by atoms with Crippen molar-refractivity contribution in [2.45, 2.75) is 46.1 Å². The van der Waals surface area contributed by atoms with Gasteiger partial charge in [0.2, 0.25) is 0 Å². The Bertz CT molecular complexity index is 376. The summed E-state index contributed by atoms with van der Waals surface area (Å²) in [7, 11) is 0. The Morgan fingerprint density at radius 1 is 1.39 bits per heavy atom. The summed E-state index contributed by atoms with van der Waals surface area (Å²) in [6.45, 7) is 5.45. The molecular weight excluding hydrogens is 250 g/mol. The number of hydrogen-bond donors (Lipinski definition) is 1. The van der Waals surface area contributed by atoms with E-state index in [-0.39, 0.29) is 5.91 Å². The lowest BCUT2D eigenvalue weighted by atomic mass is 10.2. The molecule has 5 heteroatoms. The summed E-state index contributed by atoms with van der Waals surface area (Å²) in [6.07, 6.45) is 3.88. The monoisotopic (exact) mass is 271 g/mol. The number of alkyl halides is 1. The first-order valence-electron chi connectivity index (χ1n) is 6.63. The fourth-order valence-electron chi connectivity index (χ4n) is 1.76. The standard InChI is InChI=1S/C13H22ClN3O/c1-3-11-10-12(17(4-2)16-11)13(18)15-9-7-5-6-8-14/h10H,3-9H2,1-2H3,(H,15,18). The molecule has 4 nitrogen and oxygen atoms in total. The molecule has 0 aliphatic carbocycles. The van der Waals surface area contributed by atoms with Crippen molar-refractivity contribution in [3.8, 4) is 0 Å². The predicted molar refractivity (Wildman–Crippen MR) is 74.2 cm³/mol. The summed E-state index contributed by atoms with van der Waals surface area (Å²) in [5.74, 6) is 0.658. The summed E-state index contributed by atoms with van der Waals surface area (Å²) in [5.41, 5.74) is 1.62. The van der Waals surface area contributed by atoms with Gasteiger partial charge in [-0.15, -0.1) is 11.6 Å². The highest BCUT2D eigenvalue weighted by atomic mass is 35.5. The van der Waals surface area contributed by atoms with Crippen LogP contribution < -0.4 is 5.32 Å². The molecule has 1 heterocycles. The van der Waals surface area contributed by atoms with Crippen LogP contribution in [-0.2, 0) is 13.0 Å². The van der Waals surface area contributed by atoms with Crippen molar-refractivity contribution >= 4 is 17.5 Å². The molecule has 1 aromatic rings. The van der Waals surface area contributed by atoms with Crippen LogP contribution in [0.1, 0.15) is 49.3 Å². The minimum absolute atomic E-state index is 0.0325. The highest BCUT2D eigenvalue weighted by Gasteiger charge is 2.12. The van der Waals surface area contributed by atoms with Crippen molar-refractivity contribution < 1.29 is 4.79 Å². The molecule has 1 aromatic heterocycles. The number of unbranched alkanes of at least 4 members (excludes halogenated alkanes) is 2. The van der Waals surface area contributed by atoms with E-state index in [0.29, 0.717) is 18.1 Å². The van der Waals surface area contributed by atoms with Crippen molar-refractivity contribution in [2.75, 3.05) is 12.4 Å². The number of amides is 1. The van der Waals surface area contributed by atoms with E-state index in [1.807, 2.05) is 19.9 Å². The van der Waals surface area contributed by atoms with Crippen LogP contribution in [0.25, 0.3) is 0 Å². The normalized spacial score (nSPS) is 10.6. The maximum atomic E-state index is 12.0. The molecule has 0 atom stereocenters. The Balaban J connectivity index is 2.47. The number of rotatable bonds is 8. The average molecular weight is 272 g/mol. The van der Waals surface area contributed by atoms with E-state index in [0.717, 1.165) is 37.9 Å². The second-order valence-corrected chi connectivity index (χ2v) is 4.57. The lowest BCUT2D eigenvalue weighted by Gasteiger charge is -2.06. The summed E-state index contributed by atoms with van der Waals surface area (Å²) in [4.78, 5) is 12.0. The summed E-state index contributed by atoms with van der Waals surface area (Å²) in [6, 6.07) is 1.87. The third-order valence-corrected chi connectivity index (χ3v) is 3.09. The van der Waals surface area contributed by atoms with Gasteiger partial charge in [-0.05, 0) is 32.3 Å². The summed E-state index contributed by atoms with van der Waals surface area (Å²) in [5, 5.41) is 7.29. The maximum Gasteiger partial charge on any atom is 0.269 e. The number of halogens is 1. The molecule has 102 valence electrons. The Morgan fingerprint density at radius 3 is 2.78 bits per heavy atom. The molecule has 0 saturated heterocycles. The quantitative estimate of drug-likeness (QED) is 0.584. The Labute approximate surface area is 114 Å². The van der Waals surface area contributed by atoms with E-state index in [9.17, 15) is 4.79 Å². The second-order valence-electron chi connectivity index (χ2n) is 4.20. The van der Waals surface area contributed by atoms with E-state index < -0.39 is 0 Å². The number of carbonyl (C=O) groups is 1. The van der Waals surface area contributed by atoms with Crippen LogP contribution in [-0.4, -0.2) is 28.1 Å². The van der Waals surface area contributed by atoms with Gasteiger partial charge in [-0.2, -0.15) is 5.10 Å². The molecule has 18 heavy (non-hydrogen) atoms. The Hall–Kier alpha value is -1.03. The van der Waals surface area contributed by atoms with Crippen molar-refractivity contribution in [3.63, 3.8) is 0 Å². The van der Waals surface area contributed by atoms with Crippen molar-refractivity contribution in [2.24, 2.45) is 0 Å². The van der Waals surface area contributed by atoms with E-state index in [2.05, 4.69) is 10.4 Å². The van der Waals surface area contributed by atoms with Crippen LogP contribution in [0.4, 0.5) is 0 Å². The van der Waals surface area contributed by atoms with Gasteiger partial charge >= 0.3 is 0 Å². The zero-order valence-corrected chi connectivity index (χ0v) is 12.0. The SMILES string of the molecule is CCc1cc(C(=O)NCCCCCCl)n(CC)n1. The Morgan fingerprint density at radius 2 is 2.17 bits per heavy atom. The van der Waals surface area contributed by atoms with Gasteiger partial charge in [0, 0.05) is 19.0 Å². The van der Waals surface area contributed by atoms with E-state index in [1.54, 1.807) is 4.68 Å². The van der Waals surface area contributed by atoms with E-state index >= 15 is 0 Å². The van der Waals surface area contributed by atoms with Gasteiger partial charge in [-0.1, -0.05) is 13.3 Å². The van der Waals surface area contributed by atoms with Gasteiger partial charge in [0.1, 0.15) is 5.69 Å². The van der Waals surface area contributed by atoms with Crippen LogP contribution >= 0.6 is 11.6 Å². The number of aryl methyl sites for hydroxylation is 2. The van der Waals surface area contributed by atoms with Gasteiger partial charge in [0.05, 0.1) is 5.69 Å². The third-order valence-electron chi connectivity index (χ3n) is 2.82. The first kappa shape index (κ1) is 15.0. The molecule has 0 fully saturated rings. The number of carbonyl (C=O) groups excluding carboxylic acids is 1. The molecule has 0 spiro atoms. The fourth-order valence-corrected chi connectivity index (χ4v) is 1.94. The molecule has 0 aliphatic heterocycles. The van der Waals surface area contributed by atoms with Gasteiger partial charge in [0.15, 0.2) is 0 Å². The predicted octanol–water partition coefficient (Wildman–Crippen LogP) is 2.60. The van der Waals surface area contributed by atoms with Crippen LogP contribution in [0, 0.1) is 0 Å². The van der Waals surface area contributed by atoms with Crippen molar-refractivity contribution in [3.05, 3.63) is 17.5 Å². The van der Waals surface area contributed by atoms with Gasteiger partial charge < -0.3 is 5.32 Å². The lowest BCUT2D eigenvalue weighted by Crippen LogP contribution is -2.27. The summed E-state index contributed by atoms with van der Waals surface area (Å²) >= 11 is 5.60. The average Bonchev–Trinajstić information content (AvgIpc) is 2.81. The number of nitrogens with zero attached hydrogens (tertiary/aromatic N) is 2. The number of nitrogens with one attached hydrogen (secondary N) is 1. The molecular formula is C13H22ClN3O. The van der Waals surface area contributed by atoms with Crippen molar-refractivity contribution in [1.82, 2.24) is 15.1 Å². The van der Waals surface area contributed by atoms with Gasteiger partial charge in [-0.3, -0.25) is 9.48 Å². The van der Waals surface area contributed by atoms with Crippen LogP contribution in [0.5, 0.6) is 0 Å². The zero-order valence-electron chi connectivity index (χ0n) is 11.2. The minimum Gasteiger partial charge on any atom is -0.351 e. The number of hydrogen-bond acceptors (Lipinski definition) is 2. The molecule has 1 N–H and O–H groups in total. The van der Waals surface area contributed by atoms with Crippen LogP contribution in [0.15, 0.2) is 6.07 Å². The second kappa shape index (κ2) is 8.14. The largest absolute Gasteiger partial charge is 0.351 e. The zero-order chi connectivity index (χ0) is 13.4. The molecule has 1 rings (SSSR count).